The van der Waals surface area contributed by atoms with E-state index in [4.69, 9.17) is 0 Å². The van der Waals surface area contributed by atoms with Crippen molar-refractivity contribution in [2.75, 3.05) is 37.0 Å². The van der Waals surface area contributed by atoms with Gasteiger partial charge in [0.25, 0.3) is 0 Å². The van der Waals surface area contributed by atoms with Crippen LogP contribution in [0, 0.1) is 16.0 Å². The Bertz CT molecular complexity index is 844. The summed E-state index contributed by atoms with van der Waals surface area (Å²) in [6, 6.07) is 9.34. The first-order valence-electron chi connectivity index (χ1n) is 8.45. The summed E-state index contributed by atoms with van der Waals surface area (Å²) in [7, 11) is 1.22. The molecule has 27 heavy (non-hydrogen) atoms. The SMILES string of the molecule is COC(=O)c1cnc(NCC2CCN(c3ccc(Br)cc3)C2)c([N+](=O)[O-])c1. The number of nitrogens with zero attached hydrogens (tertiary/aromatic N) is 3. The summed E-state index contributed by atoms with van der Waals surface area (Å²) in [5, 5.41) is 14.4. The Morgan fingerprint density at radius 2 is 2.19 bits per heavy atom. The number of esters is 1. The lowest BCUT2D eigenvalue weighted by Crippen LogP contribution is -2.22. The Balaban J connectivity index is 1.64. The summed E-state index contributed by atoms with van der Waals surface area (Å²) in [6.07, 6.45) is 2.26. The van der Waals surface area contributed by atoms with Gasteiger partial charge < -0.3 is 15.0 Å². The van der Waals surface area contributed by atoms with E-state index in [9.17, 15) is 14.9 Å². The number of hydrogen-bond donors (Lipinski definition) is 1. The first-order chi connectivity index (χ1) is 13.0. The van der Waals surface area contributed by atoms with Gasteiger partial charge in [-0.1, -0.05) is 15.9 Å². The Labute approximate surface area is 164 Å². The van der Waals surface area contributed by atoms with Crippen LogP contribution in [-0.4, -0.2) is 42.6 Å². The number of ether oxygens (including phenoxy) is 1. The van der Waals surface area contributed by atoms with E-state index in [1.54, 1.807) is 0 Å². The summed E-state index contributed by atoms with van der Waals surface area (Å²) < 4.78 is 5.62. The molecule has 1 fully saturated rings. The van der Waals surface area contributed by atoms with E-state index in [2.05, 4.69) is 48.0 Å². The molecule has 0 radical (unpaired) electrons. The van der Waals surface area contributed by atoms with Crippen LogP contribution in [0.3, 0.4) is 0 Å². The number of nitro groups is 1. The van der Waals surface area contributed by atoms with Crippen molar-refractivity contribution in [3.8, 4) is 0 Å². The zero-order valence-electron chi connectivity index (χ0n) is 14.7. The molecule has 3 rings (SSSR count). The van der Waals surface area contributed by atoms with Crippen molar-refractivity contribution in [2.24, 2.45) is 5.92 Å². The highest BCUT2D eigenvalue weighted by molar-refractivity contribution is 9.10. The number of nitrogens with one attached hydrogen (secondary N) is 1. The standard InChI is InChI=1S/C18H19BrN4O4/c1-27-18(24)13-8-16(23(25)26)17(21-10-13)20-9-12-6-7-22(11-12)15-4-2-14(19)3-5-15/h2-5,8,10,12H,6-7,9,11H2,1H3,(H,20,21). The average Bonchev–Trinajstić information content (AvgIpc) is 3.15. The molecule has 2 aromatic rings. The van der Waals surface area contributed by atoms with Crippen molar-refractivity contribution in [1.82, 2.24) is 4.98 Å². The fourth-order valence-corrected chi connectivity index (χ4v) is 3.35. The highest BCUT2D eigenvalue weighted by Gasteiger charge is 2.25. The molecule has 0 saturated carbocycles. The Morgan fingerprint density at radius 3 is 2.85 bits per heavy atom. The lowest BCUT2D eigenvalue weighted by Gasteiger charge is -2.19. The maximum atomic E-state index is 11.5. The molecule has 1 aliphatic rings. The lowest BCUT2D eigenvalue weighted by atomic mass is 10.1. The normalized spacial score (nSPS) is 16.2. The number of methoxy groups -OCH3 is 1. The van der Waals surface area contributed by atoms with Gasteiger partial charge >= 0.3 is 11.7 Å². The Hall–Kier alpha value is -2.68. The van der Waals surface area contributed by atoms with Gasteiger partial charge in [0, 0.05) is 42.1 Å². The van der Waals surface area contributed by atoms with Crippen LogP contribution in [0.2, 0.25) is 0 Å². The van der Waals surface area contributed by atoms with Crippen LogP contribution in [0.5, 0.6) is 0 Å². The van der Waals surface area contributed by atoms with Crippen molar-refractivity contribution >= 4 is 39.1 Å². The topological polar surface area (TPSA) is 97.6 Å². The van der Waals surface area contributed by atoms with Gasteiger partial charge in [-0.2, -0.15) is 0 Å². The largest absolute Gasteiger partial charge is 0.465 e. The van der Waals surface area contributed by atoms with Gasteiger partial charge in [-0.05, 0) is 36.6 Å². The van der Waals surface area contributed by atoms with Gasteiger partial charge in [0.15, 0.2) is 0 Å². The van der Waals surface area contributed by atoms with E-state index >= 15 is 0 Å². The summed E-state index contributed by atoms with van der Waals surface area (Å²) >= 11 is 3.43. The minimum absolute atomic E-state index is 0.0528. The molecule has 1 aromatic heterocycles. The fourth-order valence-electron chi connectivity index (χ4n) is 3.08. The van der Waals surface area contributed by atoms with E-state index in [1.165, 1.54) is 19.4 Å². The van der Waals surface area contributed by atoms with Crippen LogP contribution in [0.4, 0.5) is 17.2 Å². The van der Waals surface area contributed by atoms with Crippen LogP contribution >= 0.6 is 15.9 Å². The highest BCUT2D eigenvalue weighted by Crippen LogP contribution is 2.27. The van der Waals surface area contributed by atoms with E-state index in [1.807, 2.05) is 12.1 Å². The first kappa shape index (κ1) is 19.1. The number of hydrogen-bond acceptors (Lipinski definition) is 7. The van der Waals surface area contributed by atoms with E-state index in [-0.39, 0.29) is 17.1 Å². The van der Waals surface area contributed by atoms with Crippen LogP contribution < -0.4 is 10.2 Å². The molecule has 1 aliphatic heterocycles. The van der Waals surface area contributed by atoms with E-state index in [0.717, 1.165) is 29.7 Å². The molecule has 1 N–H and O–H groups in total. The van der Waals surface area contributed by atoms with Crippen molar-refractivity contribution in [2.45, 2.75) is 6.42 Å². The van der Waals surface area contributed by atoms with Crippen molar-refractivity contribution < 1.29 is 14.5 Å². The molecule has 9 heteroatoms. The third kappa shape index (κ3) is 4.54. The number of rotatable bonds is 6. The number of halogens is 1. The number of aromatic nitrogens is 1. The minimum atomic E-state index is -0.655. The Morgan fingerprint density at radius 1 is 1.44 bits per heavy atom. The summed E-state index contributed by atoms with van der Waals surface area (Å²) in [5.41, 5.74) is 0.977. The maximum absolute atomic E-state index is 11.5. The molecule has 142 valence electrons. The van der Waals surface area contributed by atoms with Gasteiger partial charge in [-0.3, -0.25) is 10.1 Å². The number of pyridine rings is 1. The van der Waals surface area contributed by atoms with Crippen LogP contribution in [0.15, 0.2) is 41.0 Å². The molecule has 0 amide bonds. The van der Waals surface area contributed by atoms with Gasteiger partial charge in [0.05, 0.1) is 17.6 Å². The van der Waals surface area contributed by atoms with Crippen molar-refractivity contribution in [1.29, 1.82) is 0 Å². The molecule has 8 nitrogen and oxygen atoms in total. The van der Waals surface area contributed by atoms with E-state index in [0.29, 0.717) is 12.5 Å². The molecule has 0 aliphatic carbocycles. The second-order valence-corrected chi connectivity index (χ2v) is 7.21. The monoisotopic (exact) mass is 434 g/mol. The Kier molecular flexibility index (Phi) is 5.90. The van der Waals surface area contributed by atoms with Gasteiger partial charge in [0.1, 0.15) is 0 Å². The molecular formula is C18H19BrN4O4. The van der Waals surface area contributed by atoms with E-state index < -0.39 is 10.9 Å². The smallest absolute Gasteiger partial charge is 0.339 e. The fraction of sp³-hybridized carbons (Fsp3) is 0.333. The number of carbonyl (C=O) groups excluding carboxylic acids is 1. The third-order valence-electron chi connectivity index (χ3n) is 4.52. The van der Waals surface area contributed by atoms with Crippen LogP contribution in [0.1, 0.15) is 16.8 Å². The average molecular weight is 435 g/mol. The first-order valence-corrected chi connectivity index (χ1v) is 9.24. The molecule has 1 aromatic carbocycles. The molecule has 1 unspecified atom stereocenters. The second-order valence-electron chi connectivity index (χ2n) is 6.30. The molecule has 0 spiro atoms. The summed E-state index contributed by atoms with van der Waals surface area (Å²) in [4.78, 5) is 28.6. The predicted octanol–water partition coefficient (Wildman–Crippen LogP) is 3.48. The van der Waals surface area contributed by atoms with Crippen molar-refractivity contribution in [3.63, 3.8) is 0 Å². The second kappa shape index (κ2) is 8.34. The molecule has 1 saturated heterocycles. The molecule has 2 heterocycles. The zero-order chi connectivity index (χ0) is 19.4. The highest BCUT2D eigenvalue weighted by atomic mass is 79.9. The number of benzene rings is 1. The predicted molar refractivity (Wildman–Crippen MR) is 105 cm³/mol. The van der Waals surface area contributed by atoms with Crippen molar-refractivity contribution in [3.05, 3.63) is 56.7 Å². The maximum Gasteiger partial charge on any atom is 0.339 e. The summed E-state index contributed by atoms with van der Waals surface area (Å²) in [6.45, 7) is 2.37. The number of anilines is 2. The minimum Gasteiger partial charge on any atom is -0.465 e. The third-order valence-corrected chi connectivity index (χ3v) is 5.05. The van der Waals surface area contributed by atoms with Crippen LogP contribution in [-0.2, 0) is 4.74 Å². The molecular weight excluding hydrogens is 416 g/mol. The van der Waals surface area contributed by atoms with Gasteiger partial charge in [-0.25, -0.2) is 9.78 Å². The van der Waals surface area contributed by atoms with Gasteiger partial charge in [-0.15, -0.1) is 0 Å². The molecule has 1 atom stereocenters. The molecule has 0 bridgehead atoms. The lowest BCUT2D eigenvalue weighted by molar-refractivity contribution is -0.384. The quantitative estimate of drug-likeness (QED) is 0.422. The van der Waals surface area contributed by atoms with Gasteiger partial charge in [0.2, 0.25) is 5.82 Å². The van der Waals surface area contributed by atoms with Crippen LogP contribution in [0.25, 0.3) is 0 Å². The number of carbonyl (C=O) groups is 1. The summed E-state index contributed by atoms with van der Waals surface area (Å²) in [5.74, 6) is -0.150. The zero-order valence-corrected chi connectivity index (χ0v) is 16.3.